The topological polar surface area (TPSA) is 57.7 Å². The van der Waals surface area contributed by atoms with E-state index in [1.54, 1.807) is 0 Å². The van der Waals surface area contributed by atoms with Gasteiger partial charge in [0, 0.05) is 26.1 Å². The highest BCUT2D eigenvalue weighted by Gasteiger charge is 2.40. The Kier molecular flexibility index (Phi) is 5.02. The SMILES string of the molecule is CCN1CC2(CCC1=O)CCN(C[C@@H]1CCCS(=O)(=O)C1)CC2. The number of hydrogen-bond acceptors (Lipinski definition) is 4. The molecule has 0 aromatic rings. The molecular weight excluding hydrogens is 312 g/mol. The van der Waals surface area contributed by atoms with Crippen LogP contribution in [-0.2, 0) is 14.6 Å². The smallest absolute Gasteiger partial charge is 0.222 e. The average Bonchev–Trinajstić information content (AvgIpc) is 2.51. The highest BCUT2D eigenvalue weighted by molar-refractivity contribution is 7.91. The molecule has 3 rings (SSSR count). The number of carbonyl (C=O) groups excluding carboxylic acids is 1. The first-order chi connectivity index (χ1) is 10.9. The number of carbonyl (C=O) groups is 1. The molecule has 3 heterocycles. The Bertz CT molecular complexity index is 538. The number of amides is 1. The molecule has 0 aliphatic carbocycles. The lowest BCUT2D eigenvalue weighted by Crippen LogP contribution is -2.52. The minimum atomic E-state index is -2.80. The predicted octanol–water partition coefficient (Wildman–Crippen LogP) is 1.54. The second-order valence-corrected chi connectivity index (χ2v) is 10.1. The van der Waals surface area contributed by atoms with E-state index in [-0.39, 0.29) is 0 Å². The third-order valence-corrected chi connectivity index (χ3v) is 8.01. The van der Waals surface area contributed by atoms with Gasteiger partial charge in [0.2, 0.25) is 5.91 Å². The van der Waals surface area contributed by atoms with Gasteiger partial charge in [-0.15, -0.1) is 0 Å². The van der Waals surface area contributed by atoms with Gasteiger partial charge in [0.1, 0.15) is 0 Å². The largest absolute Gasteiger partial charge is 0.342 e. The molecule has 0 saturated carbocycles. The standard InChI is InChI=1S/C17H30N2O3S/c1-2-19-14-17(6-5-16(19)20)7-9-18(10-8-17)12-15-4-3-11-23(21,22)13-15/h15H,2-14H2,1H3/t15-/m0/s1. The Morgan fingerprint density at radius 1 is 1.22 bits per heavy atom. The van der Waals surface area contributed by atoms with Crippen LogP contribution in [-0.4, -0.2) is 68.4 Å². The van der Waals surface area contributed by atoms with Crippen molar-refractivity contribution in [1.29, 1.82) is 0 Å². The molecule has 0 aromatic heterocycles. The summed E-state index contributed by atoms with van der Waals surface area (Å²) < 4.78 is 23.6. The summed E-state index contributed by atoms with van der Waals surface area (Å²) >= 11 is 0. The van der Waals surface area contributed by atoms with Gasteiger partial charge < -0.3 is 9.80 Å². The molecule has 0 radical (unpaired) electrons. The molecule has 0 aromatic carbocycles. The van der Waals surface area contributed by atoms with Gasteiger partial charge >= 0.3 is 0 Å². The quantitative estimate of drug-likeness (QED) is 0.781. The average molecular weight is 343 g/mol. The van der Waals surface area contributed by atoms with Crippen LogP contribution in [0.5, 0.6) is 0 Å². The van der Waals surface area contributed by atoms with Crippen molar-refractivity contribution in [3.63, 3.8) is 0 Å². The second-order valence-electron chi connectivity index (χ2n) is 7.83. The van der Waals surface area contributed by atoms with Crippen molar-refractivity contribution in [3.05, 3.63) is 0 Å². The van der Waals surface area contributed by atoms with Gasteiger partial charge in [-0.1, -0.05) is 0 Å². The van der Waals surface area contributed by atoms with Gasteiger partial charge in [-0.2, -0.15) is 0 Å². The Hall–Kier alpha value is -0.620. The zero-order chi connectivity index (χ0) is 16.5. The maximum absolute atomic E-state index is 11.9. The fourth-order valence-corrected chi connectivity index (χ4v) is 6.40. The molecule has 3 saturated heterocycles. The van der Waals surface area contributed by atoms with E-state index in [1.807, 2.05) is 4.90 Å². The van der Waals surface area contributed by atoms with E-state index < -0.39 is 9.84 Å². The molecule has 132 valence electrons. The van der Waals surface area contributed by atoms with Gasteiger partial charge in [0.15, 0.2) is 9.84 Å². The summed E-state index contributed by atoms with van der Waals surface area (Å²) in [5, 5.41) is 0. The Morgan fingerprint density at radius 2 is 1.96 bits per heavy atom. The van der Waals surface area contributed by atoms with Crippen LogP contribution < -0.4 is 0 Å². The fraction of sp³-hybridized carbons (Fsp3) is 0.941. The second kappa shape index (κ2) is 6.71. The monoisotopic (exact) mass is 342 g/mol. The number of rotatable bonds is 3. The van der Waals surface area contributed by atoms with Crippen LogP contribution in [0.15, 0.2) is 0 Å². The van der Waals surface area contributed by atoms with Crippen molar-refractivity contribution < 1.29 is 13.2 Å². The highest BCUT2D eigenvalue weighted by atomic mass is 32.2. The molecule has 6 heteroatoms. The molecule has 1 spiro atoms. The summed E-state index contributed by atoms with van der Waals surface area (Å²) in [5.74, 6) is 1.40. The third kappa shape index (κ3) is 4.08. The number of sulfone groups is 1. The van der Waals surface area contributed by atoms with E-state index >= 15 is 0 Å². The number of piperidine rings is 2. The molecule has 3 fully saturated rings. The first kappa shape index (κ1) is 17.2. The lowest BCUT2D eigenvalue weighted by molar-refractivity contribution is -0.138. The van der Waals surface area contributed by atoms with Crippen LogP contribution in [0.3, 0.4) is 0 Å². The van der Waals surface area contributed by atoms with E-state index in [9.17, 15) is 13.2 Å². The molecular formula is C17H30N2O3S. The fourth-order valence-electron chi connectivity index (χ4n) is 4.64. The van der Waals surface area contributed by atoms with E-state index in [4.69, 9.17) is 0 Å². The van der Waals surface area contributed by atoms with Gasteiger partial charge in [0.25, 0.3) is 0 Å². The minimum Gasteiger partial charge on any atom is -0.342 e. The van der Waals surface area contributed by atoms with E-state index in [0.717, 1.165) is 64.8 Å². The van der Waals surface area contributed by atoms with Crippen molar-refractivity contribution in [3.8, 4) is 0 Å². The number of nitrogens with zero attached hydrogens (tertiary/aromatic N) is 2. The molecule has 1 amide bonds. The molecule has 1 atom stereocenters. The molecule has 0 unspecified atom stereocenters. The van der Waals surface area contributed by atoms with Crippen LogP contribution in [0.2, 0.25) is 0 Å². The summed E-state index contributed by atoms with van der Waals surface area (Å²) in [6, 6.07) is 0. The highest BCUT2D eigenvalue weighted by Crippen LogP contribution is 2.40. The summed E-state index contributed by atoms with van der Waals surface area (Å²) in [6.07, 6.45) is 5.92. The Labute approximate surface area is 140 Å². The third-order valence-electron chi connectivity index (χ3n) is 6.12. The molecule has 0 bridgehead atoms. The Morgan fingerprint density at radius 3 is 2.61 bits per heavy atom. The van der Waals surface area contributed by atoms with E-state index in [0.29, 0.717) is 35.2 Å². The summed E-state index contributed by atoms with van der Waals surface area (Å²) in [7, 11) is -2.80. The number of likely N-dealkylation sites (tertiary alicyclic amines) is 2. The molecule has 5 nitrogen and oxygen atoms in total. The zero-order valence-corrected chi connectivity index (χ0v) is 15.1. The van der Waals surface area contributed by atoms with Crippen molar-refractivity contribution in [2.45, 2.75) is 45.4 Å². The first-order valence-electron chi connectivity index (χ1n) is 9.12. The van der Waals surface area contributed by atoms with Crippen molar-refractivity contribution in [2.24, 2.45) is 11.3 Å². The summed E-state index contributed by atoms with van der Waals surface area (Å²) in [5.41, 5.74) is 0.319. The van der Waals surface area contributed by atoms with Crippen LogP contribution in [0, 0.1) is 11.3 Å². The summed E-state index contributed by atoms with van der Waals surface area (Å²) in [4.78, 5) is 16.4. The van der Waals surface area contributed by atoms with Crippen LogP contribution >= 0.6 is 0 Å². The van der Waals surface area contributed by atoms with Gasteiger partial charge in [-0.3, -0.25) is 4.79 Å². The van der Waals surface area contributed by atoms with Crippen LogP contribution in [0.1, 0.15) is 45.4 Å². The number of hydrogen-bond donors (Lipinski definition) is 0. The molecule has 0 N–H and O–H groups in total. The van der Waals surface area contributed by atoms with Crippen molar-refractivity contribution >= 4 is 15.7 Å². The summed E-state index contributed by atoms with van der Waals surface area (Å²) in [6.45, 7) is 6.87. The lowest BCUT2D eigenvalue weighted by atomic mass is 9.72. The van der Waals surface area contributed by atoms with Gasteiger partial charge in [-0.25, -0.2) is 8.42 Å². The molecule has 3 aliphatic rings. The molecule has 3 aliphatic heterocycles. The maximum atomic E-state index is 11.9. The van der Waals surface area contributed by atoms with Crippen molar-refractivity contribution in [2.75, 3.05) is 44.2 Å². The lowest BCUT2D eigenvalue weighted by Gasteiger charge is -2.47. The van der Waals surface area contributed by atoms with Gasteiger partial charge in [0.05, 0.1) is 11.5 Å². The Balaban J connectivity index is 1.51. The zero-order valence-electron chi connectivity index (χ0n) is 14.3. The maximum Gasteiger partial charge on any atom is 0.222 e. The van der Waals surface area contributed by atoms with Crippen LogP contribution in [0.25, 0.3) is 0 Å². The van der Waals surface area contributed by atoms with Crippen LogP contribution in [0.4, 0.5) is 0 Å². The minimum absolute atomic E-state index is 0.313. The molecule has 23 heavy (non-hydrogen) atoms. The normalized spacial score (nSPS) is 31.4. The van der Waals surface area contributed by atoms with Crippen molar-refractivity contribution in [1.82, 2.24) is 9.80 Å². The van der Waals surface area contributed by atoms with E-state index in [2.05, 4.69) is 11.8 Å². The van der Waals surface area contributed by atoms with Gasteiger partial charge in [-0.05, 0) is 63.5 Å². The first-order valence-corrected chi connectivity index (χ1v) is 10.9. The predicted molar refractivity (Wildman–Crippen MR) is 91.0 cm³/mol. The van der Waals surface area contributed by atoms with E-state index in [1.165, 1.54) is 0 Å².